The van der Waals surface area contributed by atoms with Gasteiger partial charge in [0, 0.05) is 6.54 Å². The minimum atomic E-state index is 0.551. The largest absolute Gasteiger partial charge is 0.460 e. The zero-order chi connectivity index (χ0) is 13.0. The molecule has 2 rings (SSSR count). The normalized spacial score (nSPS) is 10.1. The first kappa shape index (κ1) is 12.2. The molecule has 2 aromatic heterocycles. The van der Waals surface area contributed by atoms with Gasteiger partial charge < -0.3 is 9.73 Å². The van der Waals surface area contributed by atoms with Gasteiger partial charge in [0.05, 0.1) is 5.56 Å². The summed E-state index contributed by atoms with van der Waals surface area (Å²) in [6, 6.07) is 9.47. The Morgan fingerprint density at radius 2 is 2.17 bits per heavy atom. The van der Waals surface area contributed by atoms with E-state index in [-0.39, 0.29) is 0 Å². The van der Waals surface area contributed by atoms with Crippen LogP contribution in [-0.2, 0) is 0 Å². The summed E-state index contributed by atoms with van der Waals surface area (Å²) in [6.45, 7) is 4.75. The highest BCUT2D eigenvalue weighted by molar-refractivity contribution is 5.61. The van der Waals surface area contributed by atoms with E-state index in [1.54, 1.807) is 12.1 Å². The topological polar surface area (TPSA) is 61.9 Å². The van der Waals surface area contributed by atoms with Gasteiger partial charge in [-0.25, -0.2) is 4.98 Å². The molecule has 0 unspecified atom stereocenters. The molecule has 0 aliphatic heterocycles. The van der Waals surface area contributed by atoms with E-state index < -0.39 is 0 Å². The second-order valence-corrected chi connectivity index (χ2v) is 4.04. The molecule has 18 heavy (non-hydrogen) atoms. The summed E-state index contributed by atoms with van der Waals surface area (Å²) in [5.74, 6) is 2.18. The molecular formula is C14H15N3O. The van der Waals surface area contributed by atoms with Crippen LogP contribution in [0.3, 0.4) is 0 Å². The van der Waals surface area contributed by atoms with Gasteiger partial charge in [0.25, 0.3) is 0 Å². The summed E-state index contributed by atoms with van der Waals surface area (Å²) in [5, 5.41) is 12.2. The first-order chi connectivity index (χ1) is 8.74. The summed E-state index contributed by atoms with van der Waals surface area (Å²) in [6.07, 6.45) is 0.983. The number of pyridine rings is 1. The lowest BCUT2D eigenvalue weighted by Crippen LogP contribution is -2.04. The van der Waals surface area contributed by atoms with E-state index >= 15 is 0 Å². The quantitative estimate of drug-likeness (QED) is 0.891. The first-order valence-electron chi connectivity index (χ1n) is 5.96. The van der Waals surface area contributed by atoms with Crippen molar-refractivity contribution in [1.82, 2.24) is 4.98 Å². The fourth-order valence-corrected chi connectivity index (χ4v) is 1.64. The predicted molar refractivity (Wildman–Crippen MR) is 70.2 cm³/mol. The van der Waals surface area contributed by atoms with Gasteiger partial charge in [0.15, 0.2) is 5.76 Å². The number of nitrogens with zero attached hydrogens (tertiary/aromatic N) is 2. The van der Waals surface area contributed by atoms with E-state index in [0.717, 1.165) is 30.2 Å². The third-order valence-corrected chi connectivity index (χ3v) is 2.55. The van der Waals surface area contributed by atoms with Crippen molar-refractivity contribution in [2.75, 3.05) is 11.9 Å². The standard InChI is InChI=1S/C14H15N3O/c1-3-8-16-14-11(9-15)5-6-12(17-14)13-7-4-10(2)18-13/h4-7H,3,8H2,1-2H3,(H,16,17). The van der Waals surface area contributed by atoms with Gasteiger partial charge in [-0.05, 0) is 37.6 Å². The average Bonchev–Trinajstić information content (AvgIpc) is 2.82. The Kier molecular flexibility index (Phi) is 3.63. The van der Waals surface area contributed by atoms with Gasteiger partial charge >= 0.3 is 0 Å². The van der Waals surface area contributed by atoms with Crippen LogP contribution in [0.25, 0.3) is 11.5 Å². The second-order valence-electron chi connectivity index (χ2n) is 4.04. The molecule has 0 aromatic carbocycles. The van der Waals surface area contributed by atoms with E-state index in [0.29, 0.717) is 11.4 Å². The molecule has 0 aliphatic carbocycles. The Morgan fingerprint density at radius 3 is 2.78 bits per heavy atom. The molecule has 0 aliphatic rings. The van der Waals surface area contributed by atoms with Crippen molar-refractivity contribution in [1.29, 1.82) is 5.26 Å². The van der Waals surface area contributed by atoms with Crippen molar-refractivity contribution in [2.45, 2.75) is 20.3 Å². The summed E-state index contributed by atoms with van der Waals surface area (Å²) < 4.78 is 5.53. The van der Waals surface area contributed by atoms with Crippen LogP contribution in [-0.4, -0.2) is 11.5 Å². The minimum absolute atomic E-state index is 0.551. The number of hydrogen-bond donors (Lipinski definition) is 1. The Labute approximate surface area is 106 Å². The van der Waals surface area contributed by atoms with Crippen LogP contribution in [0, 0.1) is 18.3 Å². The highest BCUT2D eigenvalue weighted by Crippen LogP contribution is 2.23. The smallest absolute Gasteiger partial charge is 0.152 e. The molecule has 4 nitrogen and oxygen atoms in total. The van der Waals surface area contributed by atoms with Crippen molar-refractivity contribution in [3.8, 4) is 17.5 Å². The lowest BCUT2D eigenvalue weighted by Gasteiger charge is -2.07. The number of aryl methyl sites for hydroxylation is 1. The van der Waals surface area contributed by atoms with Crippen LogP contribution in [0.1, 0.15) is 24.7 Å². The SMILES string of the molecule is CCCNc1nc(-c2ccc(C)o2)ccc1C#N. The summed E-state index contributed by atoms with van der Waals surface area (Å²) in [4.78, 5) is 4.44. The Bertz CT molecular complexity index is 581. The fourth-order valence-electron chi connectivity index (χ4n) is 1.64. The number of furan rings is 1. The van der Waals surface area contributed by atoms with E-state index in [9.17, 15) is 0 Å². The van der Waals surface area contributed by atoms with Gasteiger partial charge in [-0.15, -0.1) is 0 Å². The van der Waals surface area contributed by atoms with Crippen molar-refractivity contribution >= 4 is 5.82 Å². The monoisotopic (exact) mass is 241 g/mol. The molecule has 0 saturated heterocycles. The number of hydrogen-bond acceptors (Lipinski definition) is 4. The number of nitriles is 1. The van der Waals surface area contributed by atoms with Gasteiger partial charge in [0.2, 0.25) is 0 Å². The van der Waals surface area contributed by atoms with Gasteiger partial charge in [-0.1, -0.05) is 6.92 Å². The molecule has 0 saturated carbocycles. The fraction of sp³-hybridized carbons (Fsp3) is 0.286. The first-order valence-corrected chi connectivity index (χ1v) is 5.96. The van der Waals surface area contributed by atoms with Crippen LogP contribution in [0.5, 0.6) is 0 Å². The molecule has 0 spiro atoms. The van der Waals surface area contributed by atoms with Gasteiger partial charge in [-0.2, -0.15) is 5.26 Å². The van der Waals surface area contributed by atoms with E-state index in [2.05, 4.69) is 23.3 Å². The van der Waals surface area contributed by atoms with E-state index in [1.165, 1.54) is 0 Å². The molecule has 0 fully saturated rings. The Balaban J connectivity index is 2.36. The maximum Gasteiger partial charge on any atom is 0.152 e. The molecule has 2 heterocycles. The number of nitrogens with one attached hydrogen (secondary N) is 1. The molecule has 4 heteroatoms. The zero-order valence-electron chi connectivity index (χ0n) is 10.5. The van der Waals surface area contributed by atoms with Crippen molar-refractivity contribution in [3.63, 3.8) is 0 Å². The lowest BCUT2D eigenvalue weighted by molar-refractivity contribution is 0.546. The lowest BCUT2D eigenvalue weighted by atomic mass is 10.2. The molecule has 0 radical (unpaired) electrons. The molecular weight excluding hydrogens is 226 g/mol. The summed E-state index contributed by atoms with van der Waals surface area (Å²) >= 11 is 0. The average molecular weight is 241 g/mol. The van der Waals surface area contributed by atoms with E-state index in [1.807, 2.05) is 19.1 Å². The van der Waals surface area contributed by atoms with Gasteiger partial charge in [0.1, 0.15) is 23.3 Å². The van der Waals surface area contributed by atoms with Crippen molar-refractivity contribution < 1.29 is 4.42 Å². The van der Waals surface area contributed by atoms with Gasteiger partial charge in [-0.3, -0.25) is 0 Å². The molecule has 0 atom stereocenters. The third kappa shape index (κ3) is 2.51. The maximum absolute atomic E-state index is 9.03. The van der Waals surface area contributed by atoms with Crippen LogP contribution >= 0.6 is 0 Å². The summed E-state index contributed by atoms with van der Waals surface area (Å²) in [7, 11) is 0. The highest BCUT2D eigenvalue weighted by atomic mass is 16.3. The molecule has 1 N–H and O–H groups in total. The summed E-state index contributed by atoms with van der Waals surface area (Å²) in [5.41, 5.74) is 1.29. The molecule has 92 valence electrons. The van der Waals surface area contributed by atoms with Crippen LogP contribution in [0.15, 0.2) is 28.7 Å². The molecule has 0 bridgehead atoms. The number of rotatable bonds is 4. The second kappa shape index (κ2) is 5.37. The predicted octanol–water partition coefficient (Wildman–Crippen LogP) is 3.34. The zero-order valence-corrected chi connectivity index (χ0v) is 10.5. The van der Waals surface area contributed by atoms with Crippen molar-refractivity contribution in [2.24, 2.45) is 0 Å². The van der Waals surface area contributed by atoms with Crippen LogP contribution in [0.2, 0.25) is 0 Å². The Hall–Kier alpha value is -2.28. The molecule has 0 amide bonds. The maximum atomic E-state index is 9.03. The van der Waals surface area contributed by atoms with Crippen molar-refractivity contribution in [3.05, 3.63) is 35.6 Å². The highest BCUT2D eigenvalue weighted by Gasteiger charge is 2.09. The van der Waals surface area contributed by atoms with E-state index in [4.69, 9.17) is 9.68 Å². The van der Waals surface area contributed by atoms with Crippen LogP contribution in [0.4, 0.5) is 5.82 Å². The third-order valence-electron chi connectivity index (χ3n) is 2.55. The number of aromatic nitrogens is 1. The Morgan fingerprint density at radius 1 is 1.33 bits per heavy atom. The molecule has 2 aromatic rings. The number of anilines is 1. The van der Waals surface area contributed by atoms with Crippen LogP contribution < -0.4 is 5.32 Å². The minimum Gasteiger partial charge on any atom is -0.460 e.